The molecule has 0 aromatic rings. The molecule has 1 nitrogen and oxygen atoms in total. The van der Waals surface area contributed by atoms with Crippen LogP contribution in [0.4, 0.5) is 0 Å². The molecule has 1 heterocycles. The number of aliphatic imine (C=N–C) groups is 1. The fraction of sp³-hybridized carbons (Fsp3) is 0.500. The Balaban J connectivity index is 2.48. The first kappa shape index (κ1) is 7.16. The van der Waals surface area contributed by atoms with E-state index in [1.54, 1.807) is 11.8 Å². The van der Waals surface area contributed by atoms with Crippen molar-refractivity contribution in [1.29, 1.82) is 0 Å². The fourth-order valence-electron chi connectivity index (χ4n) is 0.638. The zero-order valence-corrected chi connectivity index (χ0v) is 6.75. The van der Waals surface area contributed by atoms with E-state index in [0.717, 1.165) is 6.42 Å². The number of nitrogens with zero attached hydrogens (tertiary/aromatic N) is 1. The van der Waals surface area contributed by atoms with Crippen molar-refractivity contribution in [3.05, 3.63) is 11.2 Å². The van der Waals surface area contributed by atoms with Crippen LogP contribution in [0.3, 0.4) is 0 Å². The second kappa shape index (κ2) is 3.28. The van der Waals surface area contributed by atoms with Crippen molar-refractivity contribution < 1.29 is 0 Å². The average Bonchev–Trinajstić information content (AvgIpc) is 1.90. The zero-order valence-electron chi connectivity index (χ0n) is 5.17. The van der Waals surface area contributed by atoms with Crippen molar-refractivity contribution >= 4 is 29.6 Å². The summed E-state index contributed by atoms with van der Waals surface area (Å²) in [6, 6.07) is 0. The van der Waals surface area contributed by atoms with Crippen LogP contribution in [0.5, 0.6) is 0 Å². The van der Waals surface area contributed by atoms with Gasteiger partial charge in [-0.1, -0.05) is 11.6 Å². The van der Waals surface area contributed by atoms with Crippen LogP contribution in [0.15, 0.2) is 16.2 Å². The van der Waals surface area contributed by atoms with E-state index in [1.165, 1.54) is 0 Å². The van der Waals surface area contributed by atoms with Crippen molar-refractivity contribution in [2.45, 2.75) is 11.7 Å². The van der Waals surface area contributed by atoms with Crippen molar-refractivity contribution in [3.63, 3.8) is 0 Å². The molecule has 1 atom stereocenters. The molecular weight excluding hydrogens is 154 g/mol. The van der Waals surface area contributed by atoms with E-state index >= 15 is 0 Å². The van der Waals surface area contributed by atoms with E-state index in [4.69, 9.17) is 11.6 Å². The van der Waals surface area contributed by atoms with E-state index in [0.29, 0.717) is 10.4 Å². The molecule has 0 aliphatic carbocycles. The minimum atomic E-state index is 0.535. The highest BCUT2D eigenvalue weighted by Gasteiger charge is 2.05. The molecule has 1 aliphatic rings. The molecule has 0 amide bonds. The molecule has 0 saturated heterocycles. The van der Waals surface area contributed by atoms with Gasteiger partial charge in [-0.05, 0) is 18.8 Å². The van der Waals surface area contributed by atoms with Crippen molar-refractivity contribution in [3.8, 4) is 0 Å². The second-order valence-corrected chi connectivity index (χ2v) is 3.28. The maximum atomic E-state index is 5.59. The molecule has 1 rings (SSSR count). The summed E-state index contributed by atoms with van der Waals surface area (Å²) in [4.78, 5) is 3.96. The topological polar surface area (TPSA) is 12.4 Å². The number of rotatable bonds is 1. The van der Waals surface area contributed by atoms with Crippen LogP contribution >= 0.6 is 23.4 Å². The molecule has 0 fully saturated rings. The predicted molar refractivity (Wildman–Crippen MR) is 44.3 cm³/mol. The number of hydrogen-bond acceptors (Lipinski definition) is 2. The molecule has 1 aliphatic heterocycles. The van der Waals surface area contributed by atoms with Gasteiger partial charge in [-0.3, -0.25) is 0 Å². The Bertz CT molecular complexity index is 153. The first-order valence-corrected chi connectivity index (χ1v) is 4.42. The number of halogens is 1. The van der Waals surface area contributed by atoms with Crippen LogP contribution in [-0.4, -0.2) is 17.7 Å². The van der Waals surface area contributed by atoms with Gasteiger partial charge >= 0.3 is 0 Å². The Labute approximate surface area is 64.2 Å². The lowest BCUT2D eigenvalue weighted by atomic mass is 10.3. The third kappa shape index (κ3) is 2.03. The number of hydrogen-bond donors (Lipinski definition) is 0. The number of allylic oxidation sites excluding steroid dienone is 1. The van der Waals surface area contributed by atoms with Gasteiger partial charge in [0.05, 0.1) is 0 Å². The quantitative estimate of drug-likeness (QED) is 0.538. The smallest absolute Gasteiger partial charge is 0.124 e. The van der Waals surface area contributed by atoms with Gasteiger partial charge in [0.25, 0.3) is 0 Å². The normalized spacial score (nSPS) is 26.0. The molecule has 0 radical (unpaired) electrons. The third-order valence-electron chi connectivity index (χ3n) is 1.19. The van der Waals surface area contributed by atoms with Gasteiger partial charge in [-0.2, -0.15) is 11.8 Å². The fourth-order valence-corrected chi connectivity index (χ4v) is 1.26. The summed E-state index contributed by atoms with van der Waals surface area (Å²) in [5.74, 6) is 0. The van der Waals surface area contributed by atoms with Gasteiger partial charge < -0.3 is 0 Å². The summed E-state index contributed by atoms with van der Waals surface area (Å²) >= 11 is 7.39. The molecule has 0 saturated carbocycles. The van der Waals surface area contributed by atoms with E-state index in [9.17, 15) is 0 Å². The maximum absolute atomic E-state index is 5.59. The molecule has 0 aromatic carbocycles. The SMILES string of the molecule is CSC1C=NC(Cl)=CC1. The van der Waals surface area contributed by atoms with Crippen LogP contribution in [0, 0.1) is 0 Å². The second-order valence-electron chi connectivity index (χ2n) is 1.81. The van der Waals surface area contributed by atoms with Gasteiger partial charge in [0.2, 0.25) is 0 Å². The Hall–Kier alpha value is 0.0500. The van der Waals surface area contributed by atoms with Gasteiger partial charge in [0, 0.05) is 11.5 Å². The zero-order chi connectivity index (χ0) is 6.69. The summed E-state index contributed by atoms with van der Waals surface area (Å²) in [7, 11) is 0. The summed E-state index contributed by atoms with van der Waals surface area (Å²) in [5, 5.41) is 1.16. The van der Waals surface area contributed by atoms with Gasteiger partial charge in [-0.15, -0.1) is 0 Å². The Morgan fingerprint density at radius 3 is 3.11 bits per heavy atom. The van der Waals surface area contributed by atoms with Crippen LogP contribution < -0.4 is 0 Å². The summed E-state index contributed by atoms with van der Waals surface area (Å²) in [5.41, 5.74) is 0. The molecule has 50 valence electrons. The first-order chi connectivity index (χ1) is 4.33. The van der Waals surface area contributed by atoms with Crippen LogP contribution in [0.2, 0.25) is 0 Å². The van der Waals surface area contributed by atoms with Crippen LogP contribution in [-0.2, 0) is 0 Å². The van der Waals surface area contributed by atoms with Gasteiger partial charge in [0.1, 0.15) is 5.16 Å². The Morgan fingerprint density at radius 2 is 2.67 bits per heavy atom. The summed E-state index contributed by atoms with van der Waals surface area (Å²) in [6.45, 7) is 0. The van der Waals surface area contributed by atoms with Gasteiger partial charge in [-0.25, -0.2) is 4.99 Å². The highest BCUT2D eigenvalue weighted by atomic mass is 35.5. The van der Waals surface area contributed by atoms with Crippen molar-refractivity contribution in [2.24, 2.45) is 4.99 Å². The lowest BCUT2D eigenvalue weighted by molar-refractivity contribution is 1.09. The lowest BCUT2D eigenvalue weighted by Crippen LogP contribution is -2.04. The third-order valence-corrected chi connectivity index (χ3v) is 2.36. The van der Waals surface area contributed by atoms with Gasteiger partial charge in [0.15, 0.2) is 0 Å². The monoisotopic (exact) mass is 161 g/mol. The first-order valence-electron chi connectivity index (χ1n) is 2.75. The van der Waals surface area contributed by atoms with Crippen LogP contribution in [0.25, 0.3) is 0 Å². The molecule has 0 bridgehead atoms. The molecule has 9 heavy (non-hydrogen) atoms. The van der Waals surface area contributed by atoms with E-state index in [-0.39, 0.29) is 0 Å². The summed E-state index contributed by atoms with van der Waals surface area (Å²) < 4.78 is 0. The van der Waals surface area contributed by atoms with E-state index < -0.39 is 0 Å². The Morgan fingerprint density at radius 1 is 1.89 bits per heavy atom. The lowest BCUT2D eigenvalue weighted by Gasteiger charge is -2.08. The standard InChI is InChI=1S/C6H8ClNS/c1-9-5-2-3-6(7)8-4-5/h3-5H,2H2,1H3. The summed E-state index contributed by atoms with van der Waals surface area (Å²) in [6.07, 6.45) is 6.93. The van der Waals surface area contributed by atoms with E-state index in [2.05, 4.69) is 11.2 Å². The largest absolute Gasteiger partial charge is 0.248 e. The molecular formula is C6H8ClNS. The highest BCUT2D eigenvalue weighted by molar-refractivity contribution is 7.99. The van der Waals surface area contributed by atoms with E-state index in [1.807, 2.05) is 12.3 Å². The molecule has 3 heteroatoms. The maximum Gasteiger partial charge on any atom is 0.124 e. The van der Waals surface area contributed by atoms with Crippen LogP contribution in [0.1, 0.15) is 6.42 Å². The minimum Gasteiger partial charge on any atom is -0.248 e. The van der Waals surface area contributed by atoms with Crippen molar-refractivity contribution in [2.75, 3.05) is 6.26 Å². The number of thioether (sulfide) groups is 1. The minimum absolute atomic E-state index is 0.535. The van der Waals surface area contributed by atoms with Crippen molar-refractivity contribution in [1.82, 2.24) is 0 Å². The Kier molecular flexibility index (Phi) is 2.61. The molecule has 0 spiro atoms. The molecule has 0 N–H and O–H groups in total. The molecule has 1 unspecified atom stereocenters. The highest BCUT2D eigenvalue weighted by Crippen LogP contribution is 2.17. The predicted octanol–water partition coefficient (Wildman–Crippen LogP) is 2.27. The molecule has 0 aromatic heterocycles. The average molecular weight is 162 g/mol.